The summed E-state index contributed by atoms with van der Waals surface area (Å²) in [6, 6.07) is 0.933. The molecule has 0 bridgehead atoms. The Labute approximate surface area is 95.5 Å². The molecule has 0 aromatic heterocycles. The van der Waals surface area contributed by atoms with Crippen molar-refractivity contribution >= 4 is 5.97 Å². The zero-order valence-corrected chi connectivity index (χ0v) is 9.61. The van der Waals surface area contributed by atoms with Gasteiger partial charge in [0, 0.05) is 25.6 Å². The minimum atomic E-state index is -0.728. The van der Waals surface area contributed by atoms with Crippen molar-refractivity contribution < 1.29 is 14.6 Å². The summed E-state index contributed by atoms with van der Waals surface area (Å²) in [6.07, 6.45) is 4.61. The van der Waals surface area contributed by atoms with Crippen LogP contribution in [-0.4, -0.2) is 42.5 Å². The van der Waals surface area contributed by atoms with Crippen LogP contribution in [0.15, 0.2) is 0 Å². The van der Waals surface area contributed by atoms with Crippen LogP contribution in [0.25, 0.3) is 0 Å². The average Bonchev–Trinajstić information content (AvgIpc) is 2.67. The highest BCUT2D eigenvalue weighted by Gasteiger charge is 2.37. The van der Waals surface area contributed by atoms with Crippen LogP contribution < -0.4 is 10.6 Å². The number of hydrogen-bond donors (Lipinski definition) is 3. The second-order valence-corrected chi connectivity index (χ2v) is 4.70. The molecule has 5 heteroatoms. The van der Waals surface area contributed by atoms with E-state index in [1.54, 1.807) is 7.11 Å². The van der Waals surface area contributed by atoms with Gasteiger partial charge in [0.2, 0.25) is 0 Å². The number of ether oxygens (including phenoxy) is 1. The van der Waals surface area contributed by atoms with Crippen molar-refractivity contribution in [2.75, 3.05) is 7.11 Å². The van der Waals surface area contributed by atoms with Gasteiger partial charge in [0.05, 0.1) is 12.3 Å². The Kier molecular flexibility index (Phi) is 3.78. The molecule has 2 fully saturated rings. The summed E-state index contributed by atoms with van der Waals surface area (Å²) < 4.78 is 5.37. The second-order valence-electron chi connectivity index (χ2n) is 4.70. The zero-order valence-electron chi connectivity index (χ0n) is 9.61. The molecule has 16 heavy (non-hydrogen) atoms. The molecule has 2 rings (SSSR count). The minimum Gasteiger partial charge on any atom is -0.481 e. The van der Waals surface area contributed by atoms with Crippen LogP contribution in [0.1, 0.15) is 32.1 Å². The Balaban J connectivity index is 1.80. The Morgan fingerprint density at radius 3 is 2.81 bits per heavy atom. The third-order valence-corrected chi connectivity index (χ3v) is 3.61. The molecule has 0 aromatic rings. The van der Waals surface area contributed by atoms with Crippen molar-refractivity contribution in [2.24, 2.45) is 0 Å². The number of rotatable bonds is 4. The highest BCUT2D eigenvalue weighted by Crippen LogP contribution is 2.25. The molecule has 2 aliphatic rings. The predicted molar refractivity (Wildman–Crippen MR) is 59.2 cm³/mol. The maximum atomic E-state index is 10.5. The lowest BCUT2D eigenvalue weighted by molar-refractivity contribution is -0.137. The van der Waals surface area contributed by atoms with E-state index in [9.17, 15) is 4.79 Å². The standard InChI is InChI=1S/C11H20N2O3/c1-16-7-2-3-8-9(6-7)13-10(12-8)4-5-11(14)15/h7-10,12-13H,2-6H2,1H3,(H,14,15). The van der Waals surface area contributed by atoms with E-state index in [4.69, 9.17) is 9.84 Å². The largest absolute Gasteiger partial charge is 0.481 e. The van der Waals surface area contributed by atoms with Gasteiger partial charge in [-0.15, -0.1) is 0 Å². The van der Waals surface area contributed by atoms with Crippen molar-refractivity contribution in [2.45, 2.75) is 56.5 Å². The van der Waals surface area contributed by atoms with Gasteiger partial charge in [0.15, 0.2) is 0 Å². The molecule has 0 radical (unpaired) electrons. The van der Waals surface area contributed by atoms with Gasteiger partial charge in [-0.25, -0.2) is 0 Å². The SMILES string of the molecule is COC1CCC2NC(CCC(=O)O)NC2C1. The molecule has 1 saturated heterocycles. The molecule has 0 aromatic carbocycles. The van der Waals surface area contributed by atoms with Crippen LogP contribution in [-0.2, 0) is 9.53 Å². The molecular formula is C11H20N2O3. The number of aliphatic carboxylic acids is 1. The molecule has 1 heterocycles. The van der Waals surface area contributed by atoms with Crippen LogP contribution in [0.4, 0.5) is 0 Å². The molecule has 1 aliphatic carbocycles. The smallest absolute Gasteiger partial charge is 0.303 e. The van der Waals surface area contributed by atoms with Gasteiger partial charge in [0.1, 0.15) is 0 Å². The zero-order chi connectivity index (χ0) is 11.5. The first-order valence-electron chi connectivity index (χ1n) is 5.95. The van der Waals surface area contributed by atoms with E-state index in [-0.39, 0.29) is 12.6 Å². The Morgan fingerprint density at radius 1 is 1.38 bits per heavy atom. The van der Waals surface area contributed by atoms with Crippen LogP contribution >= 0.6 is 0 Å². The fourth-order valence-electron chi connectivity index (χ4n) is 2.73. The Morgan fingerprint density at radius 2 is 2.12 bits per heavy atom. The minimum absolute atomic E-state index is 0.154. The number of nitrogens with one attached hydrogen (secondary N) is 2. The normalized spacial score (nSPS) is 38.3. The number of fused-ring (bicyclic) bond motifs is 1. The van der Waals surface area contributed by atoms with Gasteiger partial charge >= 0.3 is 5.97 Å². The van der Waals surface area contributed by atoms with Crippen molar-refractivity contribution in [1.29, 1.82) is 0 Å². The summed E-state index contributed by atoms with van der Waals surface area (Å²) in [5.74, 6) is -0.728. The second kappa shape index (κ2) is 5.12. The highest BCUT2D eigenvalue weighted by atomic mass is 16.5. The van der Waals surface area contributed by atoms with E-state index in [2.05, 4.69) is 10.6 Å². The van der Waals surface area contributed by atoms with Gasteiger partial charge in [-0.05, 0) is 25.7 Å². The van der Waals surface area contributed by atoms with Crippen LogP contribution in [0.2, 0.25) is 0 Å². The summed E-state index contributed by atoms with van der Waals surface area (Å²) in [7, 11) is 1.76. The lowest BCUT2D eigenvalue weighted by Gasteiger charge is -2.30. The number of methoxy groups -OCH3 is 1. The van der Waals surface area contributed by atoms with E-state index < -0.39 is 5.97 Å². The molecule has 4 atom stereocenters. The van der Waals surface area contributed by atoms with Crippen molar-refractivity contribution in [1.82, 2.24) is 10.6 Å². The van der Waals surface area contributed by atoms with Gasteiger partial charge in [-0.2, -0.15) is 0 Å². The van der Waals surface area contributed by atoms with Crippen molar-refractivity contribution in [3.63, 3.8) is 0 Å². The van der Waals surface area contributed by atoms with Gasteiger partial charge < -0.3 is 9.84 Å². The van der Waals surface area contributed by atoms with Crippen molar-refractivity contribution in [3.8, 4) is 0 Å². The highest BCUT2D eigenvalue weighted by molar-refractivity contribution is 5.66. The third kappa shape index (κ3) is 2.72. The van der Waals surface area contributed by atoms with Gasteiger partial charge in [0.25, 0.3) is 0 Å². The fraction of sp³-hybridized carbons (Fsp3) is 0.909. The summed E-state index contributed by atoms with van der Waals surface area (Å²) in [5.41, 5.74) is 0. The summed E-state index contributed by atoms with van der Waals surface area (Å²) >= 11 is 0. The molecule has 92 valence electrons. The molecule has 0 amide bonds. The summed E-state index contributed by atoms with van der Waals surface area (Å²) in [4.78, 5) is 10.5. The van der Waals surface area contributed by atoms with Crippen molar-refractivity contribution in [3.05, 3.63) is 0 Å². The maximum Gasteiger partial charge on any atom is 0.303 e. The lowest BCUT2D eigenvalue weighted by Crippen LogP contribution is -2.41. The topological polar surface area (TPSA) is 70.6 Å². The fourth-order valence-corrected chi connectivity index (χ4v) is 2.73. The number of carbonyl (C=O) groups is 1. The molecule has 5 nitrogen and oxygen atoms in total. The van der Waals surface area contributed by atoms with E-state index in [1.165, 1.54) is 0 Å². The van der Waals surface area contributed by atoms with Gasteiger partial charge in [-0.3, -0.25) is 15.4 Å². The molecule has 4 unspecified atom stereocenters. The first-order chi connectivity index (χ1) is 7.69. The Bertz CT molecular complexity index is 260. The van der Waals surface area contributed by atoms with E-state index >= 15 is 0 Å². The quantitative estimate of drug-likeness (QED) is 0.646. The molecule has 1 aliphatic heterocycles. The predicted octanol–water partition coefficient (Wildman–Crippen LogP) is 0.306. The molecule has 3 N–H and O–H groups in total. The molecular weight excluding hydrogens is 208 g/mol. The van der Waals surface area contributed by atoms with Crippen LogP contribution in [0.5, 0.6) is 0 Å². The van der Waals surface area contributed by atoms with Gasteiger partial charge in [-0.1, -0.05) is 0 Å². The number of carboxylic acids is 1. The average molecular weight is 228 g/mol. The van der Waals surface area contributed by atoms with E-state index in [1.807, 2.05) is 0 Å². The summed E-state index contributed by atoms with van der Waals surface area (Å²) in [6.45, 7) is 0. The Hall–Kier alpha value is -0.650. The van der Waals surface area contributed by atoms with Crippen LogP contribution in [0, 0.1) is 0 Å². The molecule has 1 saturated carbocycles. The maximum absolute atomic E-state index is 10.5. The lowest BCUT2D eigenvalue weighted by atomic mass is 9.89. The number of hydrogen-bond acceptors (Lipinski definition) is 4. The first kappa shape index (κ1) is 11.8. The molecule has 0 spiro atoms. The summed E-state index contributed by atoms with van der Waals surface area (Å²) in [5, 5.41) is 15.6. The first-order valence-corrected chi connectivity index (χ1v) is 5.95. The number of carboxylic acid groups (broad SMARTS) is 1. The monoisotopic (exact) mass is 228 g/mol. The van der Waals surface area contributed by atoms with E-state index in [0.717, 1.165) is 19.3 Å². The van der Waals surface area contributed by atoms with Crippen LogP contribution in [0.3, 0.4) is 0 Å². The van der Waals surface area contributed by atoms with E-state index in [0.29, 0.717) is 24.6 Å². The third-order valence-electron chi connectivity index (χ3n) is 3.61.